The first-order valence-electron chi connectivity index (χ1n) is 4.56. The smallest absolute Gasteiger partial charge is 0.329 e. The Hall–Kier alpha value is -1.47. The minimum Gasteiger partial charge on any atom is -0.396 e. The second-order valence-corrected chi connectivity index (χ2v) is 3.64. The van der Waals surface area contributed by atoms with Crippen LogP contribution in [0.25, 0.3) is 0 Å². The van der Waals surface area contributed by atoms with Crippen LogP contribution in [0.1, 0.15) is 6.92 Å². The number of hydrogen-bond donors (Lipinski definition) is 2. The van der Waals surface area contributed by atoms with Gasteiger partial charge in [0.05, 0.1) is 4.92 Å². The van der Waals surface area contributed by atoms with E-state index in [-0.39, 0.29) is 29.3 Å². The number of rotatable bonds is 5. The van der Waals surface area contributed by atoms with Gasteiger partial charge in [-0.1, -0.05) is 6.92 Å². The van der Waals surface area contributed by atoms with Crippen LogP contribution in [0.3, 0.4) is 0 Å². The first-order chi connectivity index (χ1) is 7.54. The lowest BCUT2D eigenvalue weighted by Gasteiger charge is -2.09. The van der Waals surface area contributed by atoms with E-state index in [1.807, 2.05) is 0 Å². The summed E-state index contributed by atoms with van der Waals surface area (Å²) in [6.45, 7) is 2.14. The van der Waals surface area contributed by atoms with E-state index in [0.29, 0.717) is 6.54 Å². The molecule has 0 bridgehead atoms. The van der Waals surface area contributed by atoms with Crippen molar-refractivity contribution in [1.29, 1.82) is 0 Å². The van der Waals surface area contributed by atoms with Gasteiger partial charge in [0.2, 0.25) is 11.1 Å². The van der Waals surface area contributed by atoms with Crippen molar-refractivity contribution in [3.63, 3.8) is 0 Å². The van der Waals surface area contributed by atoms with E-state index < -0.39 is 4.92 Å². The van der Waals surface area contributed by atoms with Gasteiger partial charge in [-0.2, -0.15) is 4.98 Å². The highest BCUT2D eigenvalue weighted by Crippen LogP contribution is 2.21. The fraction of sp³-hybridized carbons (Fsp3) is 0.500. The van der Waals surface area contributed by atoms with Crippen molar-refractivity contribution >= 4 is 23.1 Å². The highest BCUT2D eigenvalue weighted by Gasteiger charge is 2.16. The first kappa shape index (κ1) is 12.6. The predicted molar refractivity (Wildman–Crippen MR) is 58.4 cm³/mol. The normalized spacial score (nSPS) is 12.2. The molecule has 2 N–H and O–H groups in total. The molecule has 0 saturated heterocycles. The average molecular weight is 247 g/mol. The molecule has 16 heavy (non-hydrogen) atoms. The lowest BCUT2D eigenvalue weighted by molar-refractivity contribution is -0.384. The number of halogens is 1. The van der Waals surface area contributed by atoms with Crippen molar-refractivity contribution in [1.82, 2.24) is 9.97 Å². The van der Waals surface area contributed by atoms with Gasteiger partial charge in [-0.15, -0.1) is 0 Å². The van der Waals surface area contributed by atoms with E-state index in [4.69, 9.17) is 16.7 Å². The van der Waals surface area contributed by atoms with Gasteiger partial charge in [-0.05, 0) is 17.5 Å². The Labute approximate surface area is 96.6 Å². The van der Waals surface area contributed by atoms with Crippen molar-refractivity contribution in [3.05, 3.63) is 21.6 Å². The molecule has 0 aliphatic heterocycles. The van der Waals surface area contributed by atoms with E-state index >= 15 is 0 Å². The molecular formula is C8H11ClN4O3. The Kier molecular flexibility index (Phi) is 4.39. The number of nitrogens with zero attached hydrogens (tertiary/aromatic N) is 3. The highest BCUT2D eigenvalue weighted by molar-refractivity contribution is 6.28. The van der Waals surface area contributed by atoms with Gasteiger partial charge in [-0.3, -0.25) is 10.1 Å². The van der Waals surface area contributed by atoms with Crippen molar-refractivity contribution < 1.29 is 10.0 Å². The third-order valence-corrected chi connectivity index (χ3v) is 2.05. The largest absolute Gasteiger partial charge is 0.396 e. The second-order valence-electron chi connectivity index (χ2n) is 3.30. The molecule has 1 aromatic heterocycles. The van der Waals surface area contributed by atoms with Crippen LogP contribution in [0.4, 0.5) is 11.5 Å². The summed E-state index contributed by atoms with van der Waals surface area (Å²) in [5.41, 5.74) is -0.241. The van der Waals surface area contributed by atoms with Crippen molar-refractivity contribution in [2.24, 2.45) is 5.92 Å². The second kappa shape index (κ2) is 5.57. The van der Waals surface area contributed by atoms with Gasteiger partial charge in [0.25, 0.3) is 0 Å². The number of aromatic nitrogens is 2. The maximum atomic E-state index is 10.6. The molecule has 1 rings (SSSR count). The summed E-state index contributed by atoms with van der Waals surface area (Å²) in [4.78, 5) is 17.3. The van der Waals surface area contributed by atoms with Crippen LogP contribution in [0.2, 0.25) is 5.28 Å². The molecule has 0 amide bonds. The molecule has 88 valence electrons. The fourth-order valence-corrected chi connectivity index (χ4v) is 1.09. The molecule has 0 fully saturated rings. The molecule has 1 atom stereocenters. The maximum absolute atomic E-state index is 10.6. The lowest BCUT2D eigenvalue weighted by atomic mass is 10.2. The van der Waals surface area contributed by atoms with Gasteiger partial charge >= 0.3 is 5.69 Å². The van der Waals surface area contributed by atoms with Gasteiger partial charge in [0.15, 0.2) is 0 Å². The topological polar surface area (TPSA) is 101 Å². The summed E-state index contributed by atoms with van der Waals surface area (Å²) in [6.07, 6.45) is 1.04. The molecule has 0 aliphatic carbocycles. The van der Waals surface area contributed by atoms with E-state index in [9.17, 15) is 10.1 Å². The summed E-state index contributed by atoms with van der Waals surface area (Å²) in [5.74, 6) is 0.0265. The summed E-state index contributed by atoms with van der Waals surface area (Å²) < 4.78 is 0. The molecule has 0 saturated carbocycles. The van der Waals surface area contributed by atoms with Crippen LogP contribution in [0.5, 0.6) is 0 Å². The van der Waals surface area contributed by atoms with Gasteiger partial charge in [0, 0.05) is 13.2 Å². The predicted octanol–water partition coefficient (Wildman–Crippen LogP) is 1.08. The monoisotopic (exact) mass is 246 g/mol. The fourth-order valence-electron chi connectivity index (χ4n) is 0.953. The van der Waals surface area contributed by atoms with Gasteiger partial charge in [0.1, 0.15) is 6.20 Å². The summed E-state index contributed by atoms with van der Waals surface area (Å²) in [6, 6.07) is 0. The molecule has 0 aromatic carbocycles. The number of aliphatic hydroxyl groups excluding tert-OH is 1. The Morgan fingerprint density at radius 2 is 2.44 bits per heavy atom. The zero-order chi connectivity index (χ0) is 12.1. The van der Waals surface area contributed by atoms with Crippen LogP contribution in [-0.4, -0.2) is 33.1 Å². The van der Waals surface area contributed by atoms with E-state index in [0.717, 1.165) is 6.20 Å². The molecule has 1 heterocycles. The third-order valence-electron chi connectivity index (χ3n) is 1.87. The van der Waals surface area contributed by atoms with Crippen LogP contribution in [-0.2, 0) is 0 Å². The van der Waals surface area contributed by atoms with Crippen molar-refractivity contribution in [2.75, 3.05) is 18.5 Å². The number of hydrogen-bond acceptors (Lipinski definition) is 6. The molecule has 1 aromatic rings. The Morgan fingerprint density at radius 1 is 1.75 bits per heavy atom. The van der Waals surface area contributed by atoms with Gasteiger partial charge in [-0.25, -0.2) is 4.98 Å². The molecular weight excluding hydrogens is 236 g/mol. The summed E-state index contributed by atoms with van der Waals surface area (Å²) in [7, 11) is 0. The molecule has 0 aliphatic rings. The Morgan fingerprint density at radius 3 is 3.00 bits per heavy atom. The lowest BCUT2D eigenvalue weighted by Crippen LogP contribution is -2.16. The van der Waals surface area contributed by atoms with Crippen LogP contribution in [0, 0.1) is 16.0 Å². The number of nitro groups is 1. The Bertz CT molecular complexity index is 388. The zero-order valence-corrected chi connectivity index (χ0v) is 9.31. The summed E-state index contributed by atoms with van der Waals surface area (Å²) >= 11 is 5.54. The van der Waals surface area contributed by atoms with Crippen LogP contribution >= 0.6 is 11.6 Å². The van der Waals surface area contributed by atoms with Crippen molar-refractivity contribution in [3.8, 4) is 0 Å². The quantitative estimate of drug-likeness (QED) is 0.458. The van der Waals surface area contributed by atoms with Gasteiger partial charge < -0.3 is 10.4 Å². The average Bonchev–Trinajstić information content (AvgIpc) is 2.25. The van der Waals surface area contributed by atoms with E-state index in [2.05, 4.69) is 15.3 Å². The molecule has 1 unspecified atom stereocenters. The highest BCUT2D eigenvalue weighted by atomic mass is 35.5. The minimum absolute atomic E-state index is 0.0143. The minimum atomic E-state index is -0.595. The standard InChI is InChI=1S/C8H11ClN4O3/c1-5(4-14)2-10-7-6(13(15)16)3-11-8(9)12-7/h3,5,14H,2,4H2,1H3,(H,10,11,12). The van der Waals surface area contributed by atoms with Crippen LogP contribution < -0.4 is 5.32 Å². The third kappa shape index (κ3) is 3.28. The maximum Gasteiger partial charge on any atom is 0.329 e. The van der Waals surface area contributed by atoms with Crippen LogP contribution in [0.15, 0.2) is 6.20 Å². The molecule has 0 radical (unpaired) electrons. The van der Waals surface area contributed by atoms with E-state index in [1.54, 1.807) is 6.92 Å². The SMILES string of the molecule is CC(CO)CNc1nc(Cl)ncc1[N+](=O)[O-]. The number of nitrogens with one attached hydrogen (secondary N) is 1. The van der Waals surface area contributed by atoms with Crippen molar-refractivity contribution in [2.45, 2.75) is 6.92 Å². The first-order valence-corrected chi connectivity index (χ1v) is 4.94. The summed E-state index contributed by atoms with van der Waals surface area (Å²) in [5, 5.41) is 22.1. The molecule has 0 spiro atoms. The number of anilines is 1. The molecule has 7 nitrogen and oxygen atoms in total. The zero-order valence-electron chi connectivity index (χ0n) is 8.55. The Balaban J connectivity index is 2.84. The number of aliphatic hydroxyl groups is 1. The molecule has 8 heteroatoms. The van der Waals surface area contributed by atoms with E-state index in [1.165, 1.54) is 0 Å².